The Kier molecular flexibility index (Phi) is 2.92. The number of nitrogens with zero attached hydrogens (tertiary/aromatic N) is 3. The van der Waals surface area contributed by atoms with E-state index in [1.165, 1.54) is 4.90 Å². The summed E-state index contributed by atoms with van der Waals surface area (Å²) in [6.07, 6.45) is 0.419. The van der Waals surface area contributed by atoms with Gasteiger partial charge in [-0.1, -0.05) is 0 Å². The molecule has 0 spiro atoms. The summed E-state index contributed by atoms with van der Waals surface area (Å²) < 4.78 is 0. The minimum Gasteiger partial charge on any atom is -0.390 e. The largest absolute Gasteiger partial charge is 0.390 e. The van der Waals surface area contributed by atoms with E-state index in [0.717, 1.165) is 4.90 Å². The van der Waals surface area contributed by atoms with Crippen molar-refractivity contribution in [2.75, 3.05) is 11.4 Å². The molecule has 0 radical (unpaired) electrons. The maximum absolute atomic E-state index is 12.4. The molecule has 0 bridgehead atoms. The summed E-state index contributed by atoms with van der Waals surface area (Å²) in [6, 6.07) is 7.07. The number of aliphatic hydroxyl groups is 1. The van der Waals surface area contributed by atoms with Crippen molar-refractivity contribution in [2.24, 2.45) is 0 Å². The quantitative estimate of drug-likeness (QED) is 0.767. The predicted molar refractivity (Wildman–Crippen MR) is 69.8 cm³/mol. The van der Waals surface area contributed by atoms with Crippen LogP contribution in [0.1, 0.15) is 18.4 Å². The standard InChI is InChI=1S/C14H13N3O3/c15-8-9-3-5-10(6-4-9)17-13(19)12-11(18)2-1-7-16(12)14(17)20/h3-6,11-12,18H,1-2,7H2/t11-,12+/m1/s1. The van der Waals surface area contributed by atoms with Gasteiger partial charge in [0.1, 0.15) is 6.04 Å². The van der Waals surface area contributed by atoms with Crippen molar-refractivity contribution in [1.29, 1.82) is 5.26 Å². The number of urea groups is 1. The third-order valence-electron chi connectivity index (χ3n) is 3.76. The van der Waals surface area contributed by atoms with Crippen molar-refractivity contribution in [1.82, 2.24) is 4.90 Å². The molecule has 0 saturated carbocycles. The number of hydrogen-bond donors (Lipinski definition) is 1. The van der Waals surface area contributed by atoms with E-state index in [1.54, 1.807) is 24.3 Å². The number of fused-ring (bicyclic) bond motifs is 1. The highest BCUT2D eigenvalue weighted by molar-refractivity contribution is 6.21. The van der Waals surface area contributed by atoms with Crippen molar-refractivity contribution in [3.8, 4) is 6.07 Å². The van der Waals surface area contributed by atoms with E-state index in [9.17, 15) is 14.7 Å². The third-order valence-corrected chi connectivity index (χ3v) is 3.76. The number of anilines is 1. The molecular formula is C14H13N3O3. The van der Waals surface area contributed by atoms with Crippen molar-refractivity contribution < 1.29 is 14.7 Å². The Morgan fingerprint density at radius 3 is 2.55 bits per heavy atom. The molecule has 2 aliphatic heterocycles. The number of carbonyl (C=O) groups excluding carboxylic acids is 2. The molecule has 2 aliphatic rings. The molecule has 6 nitrogen and oxygen atoms in total. The molecule has 1 aromatic rings. The molecule has 1 aromatic carbocycles. The minimum atomic E-state index is -0.802. The summed E-state index contributed by atoms with van der Waals surface area (Å²) in [5, 5.41) is 18.7. The highest BCUT2D eigenvalue weighted by Gasteiger charge is 2.50. The van der Waals surface area contributed by atoms with Crippen LogP contribution in [-0.2, 0) is 4.79 Å². The number of aliphatic hydroxyl groups excluding tert-OH is 1. The van der Waals surface area contributed by atoms with Crippen LogP contribution >= 0.6 is 0 Å². The van der Waals surface area contributed by atoms with Crippen LogP contribution in [0.2, 0.25) is 0 Å². The fourth-order valence-electron chi connectivity index (χ4n) is 2.77. The van der Waals surface area contributed by atoms with Crippen LogP contribution in [0, 0.1) is 11.3 Å². The van der Waals surface area contributed by atoms with Gasteiger partial charge in [-0.15, -0.1) is 0 Å². The van der Waals surface area contributed by atoms with Crippen LogP contribution in [0.15, 0.2) is 24.3 Å². The minimum absolute atomic E-state index is 0.396. The third kappa shape index (κ3) is 1.75. The molecule has 2 atom stereocenters. The predicted octanol–water partition coefficient (Wildman–Crippen LogP) is 0.850. The molecule has 0 aromatic heterocycles. The number of nitriles is 1. The molecule has 1 N–H and O–H groups in total. The van der Waals surface area contributed by atoms with Gasteiger partial charge in [0, 0.05) is 6.54 Å². The summed E-state index contributed by atoms with van der Waals surface area (Å²) in [4.78, 5) is 27.2. The van der Waals surface area contributed by atoms with E-state index in [0.29, 0.717) is 30.6 Å². The molecule has 0 unspecified atom stereocenters. The van der Waals surface area contributed by atoms with Gasteiger partial charge in [-0.3, -0.25) is 4.79 Å². The average molecular weight is 271 g/mol. The lowest BCUT2D eigenvalue weighted by molar-refractivity contribution is -0.124. The second-order valence-electron chi connectivity index (χ2n) is 4.96. The molecular weight excluding hydrogens is 258 g/mol. The van der Waals surface area contributed by atoms with E-state index in [4.69, 9.17) is 5.26 Å². The smallest absolute Gasteiger partial charge is 0.332 e. The van der Waals surface area contributed by atoms with E-state index in [1.807, 2.05) is 6.07 Å². The van der Waals surface area contributed by atoms with Crippen molar-refractivity contribution in [3.63, 3.8) is 0 Å². The van der Waals surface area contributed by atoms with Gasteiger partial charge in [0.2, 0.25) is 0 Å². The van der Waals surface area contributed by atoms with E-state index in [2.05, 4.69) is 0 Å². The van der Waals surface area contributed by atoms with Crippen LogP contribution in [0.3, 0.4) is 0 Å². The first-order valence-electron chi connectivity index (χ1n) is 6.46. The zero-order chi connectivity index (χ0) is 14.3. The molecule has 2 fully saturated rings. The van der Waals surface area contributed by atoms with Gasteiger partial charge in [0.25, 0.3) is 5.91 Å². The molecule has 2 heterocycles. The monoisotopic (exact) mass is 271 g/mol. The van der Waals surface area contributed by atoms with E-state index in [-0.39, 0.29) is 0 Å². The number of benzene rings is 1. The Balaban J connectivity index is 1.95. The first-order chi connectivity index (χ1) is 9.63. The van der Waals surface area contributed by atoms with Crippen LogP contribution < -0.4 is 4.90 Å². The Hall–Kier alpha value is -2.39. The lowest BCUT2D eigenvalue weighted by atomic mass is 10.00. The number of amides is 3. The number of carbonyl (C=O) groups is 2. The fourth-order valence-corrected chi connectivity index (χ4v) is 2.77. The van der Waals surface area contributed by atoms with Gasteiger partial charge < -0.3 is 10.0 Å². The second kappa shape index (κ2) is 4.62. The molecule has 6 heteroatoms. The Morgan fingerprint density at radius 2 is 1.95 bits per heavy atom. The summed E-state index contributed by atoms with van der Waals surface area (Å²) in [5.74, 6) is -0.396. The normalized spacial score (nSPS) is 25.6. The van der Waals surface area contributed by atoms with Gasteiger partial charge in [-0.2, -0.15) is 5.26 Å². The van der Waals surface area contributed by atoms with E-state index >= 15 is 0 Å². The Bertz CT molecular complexity index is 605. The van der Waals surface area contributed by atoms with Crippen LogP contribution in [0.4, 0.5) is 10.5 Å². The SMILES string of the molecule is N#Cc1ccc(N2C(=O)[C@@H]3[C@H](O)CCCN3C2=O)cc1. The summed E-state index contributed by atoms with van der Waals surface area (Å²) in [7, 11) is 0. The average Bonchev–Trinajstić information content (AvgIpc) is 2.72. The summed E-state index contributed by atoms with van der Waals surface area (Å²) in [5.41, 5.74) is 0.895. The maximum atomic E-state index is 12.4. The van der Waals surface area contributed by atoms with Crippen LogP contribution in [0.5, 0.6) is 0 Å². The first-order valence-corrected chi connectivity index (χ1v) is 6.46. The molecule has 3 rings (SSSR count). The van der Waals surface area contributed by atoms with Crippen LogP contribution in [-0.4, -0.2) is 40.6 Å². The number of rotatable bonds is 1. The Morgan fingerprint density at radius 1 is 1.25 bits per heavy atom. The lowest BCUT2D eigenvalue weighted by Crippen LogP contribution is -2.48. The van der Waals surface area contributed by atoms with Gasteiger partial charge in [0.15, 0.2) is 0 Å². The van der Waals surface area contributed by atoms with Gasteiger partial charge in [-0.25, -0.2) is 9.69 Å². The van der Waals surface area contributed by atoms with E-state index < -0.39 is 24.1 Å². The number of hydrogen-bond acceptors (Lipinski definition) is 4. The highest BCUT2D eigenvalue weighted by Crippen LogP contribution is 2.30. The summed E-state index contributed by atoms with van der Waals surface area (Å²) >= 11 is 0. The zero-order valence-corrected chi connectivity index (χ0v) is 10.7. The lowest BCUT2D eigenvalue weighted by Gasteiger charge is -2.30. The molecule has 0 aliphatic carbocycles. The topological polar surface area (TPSA) is 84.6 Å². The van der Waals surface area contributed by atoms with Crippen molar-refractivity contribution >= 4 is 17.6 Å². The van der Waals surface area contributed by atoms with Crippen molar-refractivity contribution in [3.05, 3.63) is 29.8 Å². The first kappa shape index (κ1) is 12.6. The van der Waals surface area contributed by atoms with Crippen LogP contribution in [0.25, 0.3) is 0 Å². The van der Waals surface area contributed by atoms with Crippen molar-refractivity contribution in [2.45, 2.75) is 25.0 Å². The van der Waals surface area contributed by atoms with Gasteiger partial charge >= 0.3 is 6.03 Å². The Labute approximate surface area is 115 Å². The maximum Gasteiger partial charge on any atom is 0.332 e. The number of imide groups is 1. The fraction of sp³-hybridized carbons (Fsp3) is 0.357. The zero-order valence-electron chi connectivity index (χ0n) is 10.7. The van der Waals surface area contributed by atoms with Gasteiger partial charge in [-0.05, 0) is 37.1 Å². The highest BCUT2D eigenvalue weighted by atomic mass is 16.3. The molecule has 102 valence electrons. The molecule has 2 saturated heterocycles. The molecule has 3 amide bonds. The summed E-state index contributed by atoms with van der Waals surface area (Å²) in [6.45, 7) is 0.485. The van der Waals surface area contributed by atoms with Gasteiger partial charge in [0.05, 0.1) is 23.4 Å². The number of piperidine rings is 1. The molecule has 20 heavy (non-hydrogen) atoms. The second-order valence-corrected chi connectivity index (χ2v) is 4.96.